The lowest BCUT2D eigenvalue weighted by molar-refractivity contribution is -0.136. The van der Waals surface area contributed by atoms with Crippen LogP contribution < -0.4 is 0 Å². The van der Waals surface area contributed by atoms with E-state index in [4.69, 9.17) is 21.7 Å². The van der Waals surface area contributed by atoms with Crippen LogP contribution in [-0.4, -0.2) is 41.5 Å². The van der Waals surface area contributed by atoms with Gasteiger partial charge in [-0.1, -0.05) is 23.7 Å². The van der Waals surface area contributed by atoms with Crippen molar-refractivity contribution in [2.45, 2.75) is 39.7 Å². The first-order chi connectivity index (χ1) is 17.9. The average Bonchev–Trinajstić information content (AvgIpc) is 3.45. The van der Waals surface area contributed by atoms with Crippen LogP contribution in [0.5, 0.6) is 0 Å². The second kappa shape index (κ2) is 11.0. The largest absolute Gasteiger partial charge is 0.481 e. The number of aryl methyl sites for hydroxylation is 2. The molecule has 7 nitrogen and oxygen atoms in total. The van der Waals surface area contributed by atoms with Crippen LogP contribution >= 0.6 is 22.9 Å². The van der Waals surface area contributed by atoms with Crippen LogP contribution in [0.1, 0.15) is 31.9 Å². The summed E-state index contributed by atoms with van der Waals surface area (Å²) in [6, 6.07) is 13.4. The molecule has 3 aromatic heterocycles. The predicted octanol–water partition coefficient (Wildman–Crippen LogP) is 6.79. The summed E-state index contributed by atoms with van der Waals surface area (Å²) in [5, 5.41) is 23.8. The molecule has 0 radical (unpaired) electrons. The highest BCUT2D eigenvalue weighted by atomic mass is 35.5. The van der Waals surface area contributed by atoms with E-state index in [1.807, 2.05) is 62.6 Å². The first-order valence-electron chi connectivity index (χ1n) is 12.0. The van der Waals surface area contributed by atoms with Gasteiger partial charge in [-0.25, -0.2) is 4.98 Å². The molecule has 0 aliphatic carbocycles. The number of rotatable bonds is 5. The number of hydrogen-bond acceptors (Lipinski definition) is 6. The number of thiazole rings is 1. The number of hydrogen-bond donors (Lipinski definition) is 2. The molecule has 0 bridgehead atoms. The van der Waals surface area contributed by atoms with Crippen molar-refractivity contribution in [1.29, 1.82) is 0 Å². The van der Waals surface area contributed by atoms with Gasteiger partial charge in [-0.3, -0.25) is 14.5 Å². The molecule has 38 heavy (non-hydrogen) atoms. The molecule has 5 rings (SSSR count). The molecule has 2 aromatic carbocycles. The summed E-state index contributed by atoms with van der Waals surface area (Å²) in [5.41, 5.74) is 6.55. The summed E-state index contributed by atoms with van der Waals surface area (Å²) in [5.74, 6) is -0.868. The third-order valence-electron chi connectivity index (χ3n) is 5.48. The van der Waals surface area contributed by atoms with Gasteiger partial charge in [0.05, 0.1) is 34.1 Å². The Morgan fingerprint density at radius 2 is 1.76 bits per heavy atom. The quantitative estimate of drug-likeness (QED) is 0.251. The maximum Gasteiger partial charge on any atom is 0.307 e. The van der Waals surface area contributed by atoms with Gasteiger partial charge in [0.15, 0.2) is 0 Å². The summed E-state index contributed by atoms with van der Waals surface area (Å²) in [6.45, 7) is 7.16. The summed E-state index contributed by atoms with van der Waals surface area (Å²) in [4.78, 5) is 21.0. The number of carboxylic acids is 1. The Labute approximate surface area is 230 Å². The van der Waals surface area contributed by atoms with Gasteiger partial charge in [0.2, 0.25) is 0 Å². The minimum Gasteiger partial charge on any atom is -0.481 e. The Kier molecular flexibility index (Phi) is 7.97. The zero-order chi connectivity index (χ0) is 27.6. The molecular weight excluding hydrogens is 520 g/mol. The van der Waals surface area contributed by atoms with Crippen LogP contribution in [0.3, 0.4) is 0 Å². The van der Waals surface area contributed by atoms with E-state index in [-0.39, 0.29) is 6.42 Å². The Morgan fingerprint density at radius 1 is 1.08 bits per heavy atom. The third-order valence-corrected chi connectivity index (χ3v) is 6.87. The smallest absolute Gasteiger partial charge is 0.307 e. The summed E-state index contributed by atoms with van der Waals surface area (Å²) in [7, 11) is 1.87. The Hall–Kier alpha value is -3.59. The molecule has 9 heteroatoms. The van der Waals surface area contributed by atoms with Crippen molar-refractivity contribution in [3.05, 3.63) is 77.2 Å². The summed E-state index contributed by atoms with van der Waals surface area (Å²) in [6.07, 6.45) is 5.41. The van der Waals surface area contributed by atoms with Crippen molar-refractivity contribution in [3.63, 3.8) is 0 Å². The number of nitrogens with zero attached hydrogens (tertiary/aromatic N) is 4. The fourth-order valence-corrected chi connectivity index (χ4v) is 5.20. The van der Waals surface area contributed by atoms with E-state index in [0.717, 1.165) is 54.3 Å². The van der Waals surface area contributed by atoms with E-state index in [1.54, 1.807) is 49.2 Å². The molecule has 0 atom stereocenters. The minimum absolute atomic E-state index is 0.0621. The molecule has 0 saturated heterocycles. The molecule has 0 aliphatic heterocycles. The molecule has 5 aromatic rings. The number of aliphatic carboxylic acids is 1. The number of aromatic nitrogens is 4. The fraction of sp³-hybridized carbons (Fsp3) is 0.241. The molecule has 0 fully saturated rings. The molecule has 0 unspecified atom stereocenters. The van der Waals surface area contributed by atoms with Crippen molar-refractivity contribution in [2.24, 2.45) is 7.05 Å². The van der Waals surface area contributed by atoms with Gasteiger partial charge in [0, 0.05) is 41.2 Å². The number of benzene rings is 2. The van der Waals surface area contributed by atoms with Crippen molar-refractivity contribution in [3.8, 4) is 33.0 Å². The van der Waals surface area contributed by atoms with E-state index >= 15 is 0 Å². The number of fused-ring (bicyclic) bond motifs is 1. The van der Waals surface area contributed by atoms with Gasteiger partial charge in [0.1, 0.15) is 5.01 Å². The molecule has 0 spiro atoms. The zero-order valence-corrected chi connectivity index (χ0v) is 23.4. The predicted molar refractivity (Wildman–Crippen MR) is 154 cm³/mol. The molecule has 196 valence electrons. The monoisotopic (exact) mass is 548 g/mol. The van der Waals surface area contributed by atoms with Crippen molar-refractivity contribution >= 4 is 39.1 Å². The minimum atomic E-state index is -0.868. The lowest BCUT2D eigenvalue weighted by atomic mass is 9.93. The Morgan fingerprint density at radius 3 is 2.37 bits per heavy atom. The van der Waals surface area contributed by atoms with Crippen LogP contribution in [-0.2, 0) is 18.3 Å². The molecule has 0 aliphatic rings. The number of halogens is 1. The first kappa shape index (κ1) is 27.4. The van der Waals surface area contributed by atoms with Gasteiger partial charge in [-0.2, -0.15) is 5.10 Å². The van der Waals surface area contributed by atoms with Crippen molar-refractivity contribution in [2.75, 3.05) is 0 Å². The van der Waals surface area contributed by atoms with Crippen LogP contribution in [0, 0.1) is 6.92 Å². The molecule has 3 heterocycles. The number of carboxylic acid groups (broad SMARTS) is 1. The van der Waals surface area contributed by atoms with Gasteiger partial charge in [0.25, 0.3) is 0 Å². The van der Waals surface area contributed by atoms with Gasteiger partial charge in [-0.15, -0.1) is 11.3 Å². The zero-order valence-electron chi connectivity index (χ0n) is 21.9. The number of aliphatic hydroxyl groups is 1. The highest BCUT2D eigenvalue weighted by molar-refractivity contribution is 7.22. The van der Waals surface area contributed by atoms with Crippen LogP contribution in [0.2, 0.25) is 5.02 Å². The maximum absolute atomic E-state index is 11.6. The molecular formula is C29H29ClN4O3S. The van der Waals surface area contributed by atoms with E-state index in [2.05, 4.69) is 10.1 Å². The van der Waals surface area contributed by atoms with E-state index in [1.165, 1.54) is 0 Å². The average molecular weight is 549 g/mol. The van der Waals surface area contributed by atoms with Gasteiger partial charge in [-0.05, 0) is 74.7 Å². The number of pyridine rings is 1. The fourth-order valence-electron chi connectivity index (χ4n) is 3.93. The standard InChI is InChI=1S/C25H19ClN4O2S.C4H10O/c1-14-9-21-24(23(19(14)11-22(31)32)15-3-5-18(26)6-4-15)33-25(29-21)16-7-8-27-20(10-16)17-12-28-30(2)13-17;1-4(2,3)5/h3-10,12-13H,11H2,1-2H3,(H,31,32);5H,1-3H3. The van der Waals surface area contributed by atoms with E-state index in [9.17, 15) is 9.90 Å². The molecule has 2 N–H and O–H groups in total. The van der Waals surface area contributed by atoms with Gasteiger partial charge < -0.3 is 10.2 Å². The Bertz CT molecular complexity index is 1590. The van der Waals surface area contributed by atoms with Crippen LogP contribution in [0.25, 0.3) is 43.2 Å². The SMILES string of the molecule is CC(C)(C)O.Cc1cc2nc(-c3ccnc(-c4cnn(C)c4)c3)sc2c(-c2ccc(Cl)cc2)c1CC(=O)O. The molecule has 0 amide bonds. The lowest BCUT2D eigenvalue weighted by Gasteiger charge is -2.13. The topological polar surface area (TPSA) is 101 Å². The summed E-state index contributed by atoms with van der Waals surface area (Å²) >= 11 is 7.66. The van der Waals surface area contributed by atoms with Crippen LogP contribution in [0.4, 0.5) is 0 Å². The number of carbonyl (C=O) groups is 1. The maximum atomic E-state index is 11.6. The summed E-state index contributed by atoms with van der Waals surface area (Å²) < 4.78 is 2.70. The van der Waals surface area contributed by atoms with Gasteiger partial charge >= 0.3 is 5.97 Å². The lowest BCUT2D eigenvalue weighted by Crippen LogP contribution is -2.10. The second-order valence-corrected chi connectivity index (χ2v) is 11.4. The van der Waals surface area contributed by atoms with E-state index in [0.29, 0.717) is 5.02 Å². The highest BCUT2D eigenvalue weighted by Crippen LogP contribution is 2.41. The molecule has 0 saturated carbocycles. The normalized spacial score (nSPS) is 11.3. The third kappa shape index (κ3) is 6.64. The van der Waals surface area contributed by atoms with Crippen molar-refractivity contribution < 1.29 is 15.0 Å². The van der Waals surface area contributed by atoms with E-state index < -0.39 is 11.6 Å². The highest BCUT2D eigenvalue weighted by Gasteiger charge is 2.20. The Balaban J connectivity index is 0.000000617. The second-order valence-electron chi connectivity index (χ2n) is 9.99. The van der Waals surface area contributed by atoms with Crippen LogP contribution in [0.15, 0.2) is 61.1 Å². The first-order valence-corrected chi connectivity index (χ1v) is 13.2. The van der Waals surface area contributed by atoms with Crippen molar-refractivity contribution in [1.82, 2.24) is 19.7 Å².